The molecule has 8 unspecified atom stereocenters. The summed E-state index contributed by atoms with van der Waals surface area (Å²) in [6.45, 7) is 2.08. The third kappa shape index (κ3) is 60.9. The van der Waals surface area contributed by atoms with E-state index in [4.69, 9.17) is 0 Å². The van der Waals surface area contributed by atoms with Crippen LogP contribution in [-0.4, -0.2) is 0 Å². The van der Waals surface area contributed by atoms with E-state index in [1.807, 2.05) is 18.2 Å². The zero-order chi connectivity index (χ0) is 41.4. The number of aryl methyl sites for hydroxylation is 1. The Balaban J connectivity index is -0.000000101. The van der Waals surface area contributed by atoms with E-state index in [-0.39, 0.29) is 63.2 Å². The molecule has 32 nitrogen and oxygen atoms in total. The van der Waals surface area contributed by atoms with Crippen molar-refractivity contribution in [2.45, 2.75) is 6.92 Å². The van der Waals surface area contributed by atoms with E-state index in [1.54, 1.807) is 0 Å². The second kappa shape index (κ2) is 37.0. The van der Waals surface area contributed by atoms with Gasteiger partial charge in [0, 0.05) is 63.2 Å². The van der Waals surface area contributed by atoms with Crippen LogP contribution in [0.4, 0.5) is 0 Å². The second-order valence-electron chi connectivity index (χ2n) is 5.89. The topological polar surface area (TPSA) is 555 Å². The average Bonchev–Trinajstić information content (AvgIpc) is 2.79. The Morgan fingerprint density at radius 1 is 0.370 bits per heavy atom. The first kappa shape index (κ1) is 70.7. The van der Waals surface area contributed by atoms with E-state index in [1.165, 1.54) is 5.56 Å². The van der Waals surface area contributed by atoms with Crippen LogP contribution in [0.1, 0.15) is 5.56 Å². The van der Waals surface area contributed by atoms with E-state index in [0.717, 1.165) is 0 Å². The van der Waals surface area contributed by atoms with Gasteiger partial charge < -0.3 is 58.7 Å². The molecule has 310 valence electrons. The predicted octanol–water partition coefficient (Wildman–Crippen LogP) is -3.92. The summed E-state index contributed by atoms with van der Waals surface area (Å²) in [5.74, 6) is 0. The molecular formula is C7H8O32P12W3-4. The molecule has 1 aromatic rings. The van der Waals surface area contributed by atoms with Gasteiger partial charge in [0.15, 0.2) is 0 Å². The molecule has 54 heavy (non-hydrogen) atoms. The molecule has 8 atom stereocenters. The zero-order valence-electron chi connectivity index (χ0n) is 24.0. The maximum Gasteiger partial charge on any atom is 0.496 e. The molecule has 0 radical (unpaired) electrons. The van der Waals surface area contributed by atoms with Crippen LogP contribution in [0.15, 0.2) is 30.3 Å². The van der Waals surface area contributed by atoms with Gasteiger partial charge in [0.1, 0.15) is 0 Å². The Kier molecular flexibility index (Phi) is 48.5. The van der Waals surface area contributed by atoms with Gasteiger partial charge >= 0.3 is 97.3 Å². The minimum absolute atomic E-state index is 0. The van der Waals surface area contributed by atoms with Crippen molar-refractivity contribution in [3.05, 3.63) is 35.9 Å². The summed E-state index contributed by atoms with van der Waals surface area (Å²) >= 11 is 0. The molecule has 0 aliphatic carbocycles. The van der Waals surface area contributed by atoms with Gasteiger partial charge in [-0.2, -0.15) is 0 Å². The molecule has 0 bridgehead atoms. The van der Waals surface area contributed by atoms with Gasteiger partial charge in [-0.1, -0.05) is 70.4 Å². The minimum atomic E-state index is -5.25. The first-order chi connectivity index (χ1) is 22.7. The molecule has 47 heteroatoms. The first-order valence-electron chi connectivity index (χ1n) is 9.71. The number of rotatable bonds is 16. The Bertz CT molecular complexity index is 1300. The molecule has 0 amide bonds. The molecule has 0 aliphatic heterocycles. The SMILES string of the molecule is Cc1ccccc1.O=[P+]([O-])OP(=O)([O-])O[P+](=O)[O-].O=[P+]([O-])OP(=O)([O-])O[P+](=O)[O-].O=[P+]([O-])OP(=O)([O-])O[P+](=O)[O-].O=[P+]([O-])OP(=O)([O-])O[P+](=O)[O-].[W].[W].[W]. The Morgan fingerprint density at radius 3 is 0.574 bits per heavy atom. The first-order valence-corrected chi connectivity index (χ1v) is 24.3. The van der Waals surface area contributed by atoms with Gasteiger partial charge in [0.2, 0.25) is 0 Å². The van der Waals surface area contributed by atoms with Crippen LogP contribution in [0, 0.1) is 6.92 Å². The Morgan fingerprint density at radius 2 is 0.500 bits per heavy atom. The average molecular weight is 1530 g/mol. The fourth-order valence-electron chi connectivity index (χ4n) is 1.25. The molecule has 0 saturated carbocycles. The summed E-state index contributed by atoms with van der Waals surface area (Å²) in [5, 5.41) is 0. The smallest absolute Gasteiger partial charge is 0.496 e. The predicted molar refractivity (Wildman–Crippen MR) is 131 cm³/mol. The van der Waals surface area contributed by atoms with Crippen LogP contribution in [0.5, 0.6) is 0 Å². The number of hydrogen-bond donors (Lipinski definition) is 0. The quantitative estimate of drug-likeness (QED) is 0.143. The van der Waals surface area contributed by atoms with Crippen LogP contribution >= 0.6 is 97.3 Å². The summed E-state index contributed by atoms with van der Waals surface area (Å²) in [4.78, 5) is 117. The monoisotopic (exact) mass is 1530 g/mol. The van der Waals surface area contributed by atoms with Crippen LogP contribution in [-0.2, 0) is 152 Å². The maximum atomic E-state index is 10.1. The number of hydrogen-bond acceptors (Lipinski definition) is 32. The van der Waals surface area contributed by atoms with E-state index in [0.29, 0.717) is 0 Å². The molecule has 0 spiro atoms. The van der Waals surface area contributed by atoms with Crippen molar-refractivity contribution in [1.82, 2.24) is 0 Å². The van der Waals surface area contributed by atoms with Crippen molar-refractivity contribution < 1.29 is 211 Å². The fraction of sp³-hybridized carbons (Fsp3) is 0.143. The Hall–Kier alpha value is 2.20. The minimum Gasteiger partial charge on any atom is -0.750 e. The van der Waals surface area contributed by atoms with Gasteiger partial charge in [-0.3, -0.25) is 18.3 Å². The summed E-state index contributed by atoms with van der Waals surface area (Å²) < 4.78 is 142. The van der Waals surface area contributed by atoms with Gasteiger partial charge in [0.05, 0.1) is 0 Å². The van der Waals surface area contributed by atoms with Crippen molar-refractivity contribution in [3.8, 4) is 0 Å². The van der Waals surface area contributed by atoms with Gasteiger partial charge in [0.25, 0.3) is 0 Å². The molecule has 0 aliphatic rings. The van der Waals surface area contributed by atoms with E-state index in [9.17, 15) is 114 Å². The summed E-state index contributed by atoms with van der Waals surface area (Å²) in [6.07, 6.45) is 0. The summed E-state index contributed by atoms with van der Waals surface area (Å²) in [5.41, 5.74) is 1.32. The van der Waals surface area contributed by atoms with Crippen molar-refractivity contribution in [2.75, 3.05) is 0 Å². The standard InChI is InChI=1S/C7H8.4HO8P3.3W/c1-7-5-3-2-4-6-7;4*1-9(2)7-11(5,6)8-10(3)4;;;/h2-6H,1H3;4*(H,5,6);;;/p-4. The normalized spacial score (nSPS) is 16.5. The van der Waals surface area contributed by atoms with E-state index >= 15 is 0 Å². The van der Waals surface area contributed by atoms with Crippen LogP contribution in [0.25, 0.3) is 0 Å². The molecule has 1 aromatic carbocycles. The number of phosphoric acid groups is 4. The van der Waals surface area contributed by atoms with E-state index in [2.05, 4.69) is 53.5 Å². The third-order valence-corrected chi connectivity index (χ3v) is 12.9. The summed E-state index contributed by atoms with van der Waals surface area (Å²) in [6, 6.07) is 10.3. The maximum absolute atomic E-state index is 10.1. The molecule has 0 N–H and O–H groups in total. The third-order valence-electron chi connectivity index (χ3n) is 2.27. The molecule has 0 aromatic heterocycles. The molecule has 0 heterocycles. The van der Waals surface area contributed by atoms with Gasteiger partial charge in [-0.05, 0) is 43.4 Å². The van der Waals surface area contributed by atoms with Gasteiger partial charge in [-0.25, -0.2) is 0 Å². The van der Waals surface area contributed by atoms with Crippen molar-refractivity contribution in [3.63, 3.8) is 0 Å². The zero-order valence-corrected chi connectivity index (χ0v) is 43.6. The largest absolute Gasteiger partial charge is 0.750 e. The van der Waals surface area contributed by atoms with E-state index < -0.39 is 97.3 Å². The van der Waals surface area contributed by atoms with Crippen molar-refractivity contribution in [1.29, 1.82) is 0 Å². The van der Waals surface area contributed by atoms with Crippen LogP contribution in [0.2, 0.25) is 0 Å². The summed E-state index contributed by atoms with van der Waals surface area (Å²) in [7, 11) is -50.5. The van der Waals surface area contributed by atoms with Crippen molar-refractivity contribution in [2.24, 2.45) is 0 Å². The van der Waals surface area contributed by atoms with Crippen LogP contribution < -0.4 is 58.7 Å². The molecule has 0 saturated heterocycles. The molecular weight excluding hydrogens is 1520 g/mol. The fourth-order valence-corrected chi connectivity index (χ4v) is 8.02. The van der Waals surface area contributed by atoms with Crippen LogP contribution in [0.3, 0.4) is 0 Å². The molecule has 0 fully saturated rings. The van der Waals surface area contributed by atoms with Crippen molar-refractivity contribution >= 4 is 97.3 Å². The molecule has 1 rings (SSSR count). The Labute approximate surface area is 349 Å². The number of benzene rings is 1. The van der Waals surface area contributed by atoms with Gasteiger partial charge in [-0.15, -0.1) is 0 Å². The second-order valence-corrected chi connectivity index (χ2v) is 18.3.